The van der Waals surface area contributed by atoms with Gasteiger partial charge in [0.1, 0.15) is 0 Å². The van der Waals surface area contributed by atoms with Gasteiger partial charge in [0.2, 0.25) is 5.91 Å². The van der Waals surface area contributed by atoms with E-state index >= 15 is 0 Å². The molecule has 0 heterocycles. The van der Waals surface area contributed by atoms with Crippen molar-refractivity contribution in [3.05, 3.63) is 35.4 Å². The molecule has 94 valence electrons. The molecule has 1 atom stereocenters. The van der Waals surface area contributed by atoms with Gasteiger partial charge >= 0.3 is 0 Å². The average molecular weight is 234 g/mol. The second kappa shape index (κ2) is 6.40. The summed E-state index contributed by atoms with van der Waals surface area (Å²) in [5, 5.41) is 2.88. The van der Waals surface area contributed by atoms with Crippen LogP contribution in [0.4, 0.5) is 0 Å². The predicted octanol–water partition coefficient (Wildman–Crippen LogP) is 1.64. The van der Waals surface area contributed by atoms with Crippen molar-refractivity contribution in [3.8, 4) is 0 Å². The molecule has 0 aliphatic rings. The molecular formula is C14H22N2O. The first-order valence-corrected chi connectivity index (χ1v) is 6.10. The van der Waals surface area contributed by atoms with Gasteiger partial charge in [-0.15, -0.1) is 0 Å². The van der Waals surface area contributed by atoms with Crippen molar-refractivity contribution in [2.24, 2.45) is 11.7 Å². The number of amides is 1. The van der Waals surface area contributed by atoms with Gasteiger partial charge in [0.25, 0.3) is 0 Å². The van der Waals surface area contributed by atoms with Gasteiger partial charge in [0.15, 0.2) is 0 Å². The predicted molar refractivity (Wildman–Crippen MR) is 70.7 cm³/mol. The maximum Gasteiger partial charge on any atom is 0.237 e. The monoisotopic (exact) mass is 234 g/mol. The van der Waals surface area contributed by atoms with Crippen LogP contribution < -0.4 is 11.1 Å². The number of nitrogens with two attached hydrogens (primary N) is 1. The Labute approximate surface area is 103 Å². The second-order valence-electron chi connectivity index (χ2n) is 4.74. The minimum Gasteiger partial charge on any atom is -0.354 e. The largest absolute Gasteiger partial charge is 0.354 e. The minimum absolute atomic E-state index is 0.0615. The normalized spacial score (nSPS) is 12.5. The molecule has 1 rings (SSSR count). The van der Waals surface area contributed by atoms with Crippen LogP contribution in [0.1, 0.15) is 25.0 Å². The van der Waals surface area contributed by atoms with E-state index in [2.05, 4.69) is 24.4 Å². The van der Waals surface area contributed by atoms with Gasteiger partial charge < -0.3 is 11.1 Å². The first kappa shape index (κ1) is 13.7. The molecule has 0 radical (unpaired) electrons. The number of benzene rings is 1. The molecule has 3 heteroatoms. The molecule has 0 aliphatic heterocycles. The molecule has 1 amide bonds. The Hall–Kier alpha value is -1.35. The summed E-state index contributed by atoms with van der Waals surface area (Å²) in [5.41, 5.74) is 8.29. The lowest BCUT2D eigenvalue weighted by Crippen LogP contribution is -2.44. The molecule has 0 fully saturated rings. The maximum absolute atomic E-state index is 11.6. The van der Waals surface area contributed by atoms with Crippen LogP contribution in [0.3, 0.4) is 0 Å². The Morgan fingerprint density at radius 2 is 2.00 bits per heavy atom. The summed E-state index contributed by atoms with van der Waals surface area (Å²) in [4.78, 5) is 11.6. The lowest BCUT2D eigenvalue weighted by molar-refractivity contribution is -0.123. The summed E-state index contributed by atoms with van der Waals surface area (Å²) in [7, 11) is 0. The molecule has 0 saturated carbocycles. The highest BCUT2D eigenvalue weighted by Gasteiger charge is 2.16. The Morgan fingerprint density at radius 3 is 2.59 bits per heavy atom. The van der Waals surface area contributed by atoms with Crippen molar-refractivity contribution >= 4 is 5.91 Å². The number of carbonyl (C=O) groups is 1. The lowest BCUT2D eigenvalue weighted by atomic mass is 10.0. The maximum atomic E-state index is 11.6. The van der Waals surface area contributed by atoms with Crippen LogP contribution in [0, 0.1) is 12.8 Å². The summed E-state index contributed by atoms with van der Waals surface area (Å²) in [5.74, 6) is 0.113. The fourth-order valence-electron chi connectivity index (χ4n) is 1.63. The zero-order valence-corrected chi connectivity index (χ0v) is 10.9. The van der Waals surface area contributed by atoms with E-state index in [1.54, 1.807) is 0 Å². The van der Waals surface area contributed by atoms with Gasteiger partial charge in [-0.1, -0.05) is 38.1 Å². The van der Waals surface area contributed by atoms with Gasteiger partial charge in [0.05, 0.1) is 6.04 Å². The van der Waals surface area contributed by atoms with Crippen molar-refractivity contribution in [1.29, 1.82) is 0 Å². The van der Waals surface area contributed by atoms with Gasteiger partial charge in [-0.2, -0.15) is 0 Å². The molecule has 0 aromatic heterocycles. The molecular weight excluding hydrogens is 212 g/mol. The van der Waals surface area contributed by atoms with E-state index in [1.165, 1.54) is 11.1 Å². The highest BCUT2D eigenvalue weighted by atomic mass is 16.2. The molecule has 3 N–H and O–H groups in total. The van der Waals surface area contributed by atoms with Crippen molar-refractivity contribution in [1.82, 2.24) is 5.32 Å². The first-order chi connectivity index (χ1) is 8.02. The zero-order valence-electron chi connectivity index (χ0n) is 10.9. The number of rotatable bonds is 5. The summed E-state index contributed by atoms with van der Waals surface area (Å²) in [6.45, 7) is 6.62. The number of hydrogen-bond donors (Lipinski definition) is 2. The van der Waals surface area contributed by atoms with E-state index in [1.807, 2.05) is 26.0 Å². The van der Waals surface area contributed by atoms with Crippen LogP contribution >= 0.6 is 0 Å². The van der Waals surface area contributed by atoms with E-state index in [-0.39, 0.29) is 11.8 Å². The molecule has 0 bridgehead atoms. The van der Waals surface area contributed by atoms with Crippen molar-refractivity contribution in [3.63, 3.8) is 0 Å². The zero-order chi connectivity index (χ0) is 12.8. The Kier molecular flexibility index (Phi) is 5.16. The average Bonchev–Trinajstić information content (AvgIpc) is 2.30. The third kappa shape index (κ3) is 4.19. The highest BCUT2D eigenvalue weighted by Crippen LogP contribution is 2.07. The summed E-state index contributed by atoms with van der Waals surface area (Å²) < 4.78 is 0. The molecule has 1 aromatic rings. The Balaban J connectivity index is 2.38. The van der Waals surface area contributed by atoms with E-state index in [0.29, 0.717) is 6.54 Å². The van der Waals surface area contributed by atoms with Crippen LogP contribution in [0.5, 0.6) is 0 Å². The fraction of sp³-hybridized carbons (Fsp3) is 0.500. The van der Waals surface area contributed by atoms with Crippen LogP contribution in [0.2, 0.25) is 0 Å². The number of carbonyl (C=O) groups excluding carboxylic acids is 1. The van der Waals surface area contributed by atoms with E-state index in [4.69, 9.17) is 5.73 Å². The second-order valence-corrected chi connectivity index (χ2v) is 4.74. The van der Waals surface area contributed by atoms with Gasteiger partial charge in [-0.3, -0.25) is 4.79 Å². The molecule has 1 aromatic carbocycles. The molecule has 0 spiro atoms. The number of nitrogens with one attached hydrogen (secondary N) is 1. The smallest absolute Gasteiger partial charge is 0.237 e. The van der Waals surface area contributed by atoms with E-state index in [9.17, 15) is 4.79 Å². The molecule has 0 aliphatic carbocycles. The fourth-order valence-corrected chi connectivity index (χ4v) is 1.63. The van der Waals surface area contributed by atoms with Crippen molar-refractivity contribution < 1.29 is 4.79 Å². The number of hydrogen-bond acceptors (Lipinski definition) is 2. The van der Waals surface area contributed by atoms with Crippen molar-refractivity contribution in [2.45, 2.75) is 33.2 Å². The molecule has 17 heavy (non-hydrogen) atoms. The van der Waals surface area contributed by atoms with Crippen molar-refractivity contribution in [2.75, 3.05) is 6.54 Å². The van der Waals surface area contributed by atoms with Crippen LogP contribution in [0.25, 0.3) is 0 Å². The van der Waals surface area contributed by atoms with Gasteiger partial charge in [0, 0.05) is 6.54 Å². The summed E-state index contributed by atoms with van der Waals surface area (Å²) >= 11 is 0. The summed E-state index contributed by atoms with van der Waals surface area (Å²) in [6, 6.07) is 7.80. The molecule has 3 nitrogen and oxygen atoms in total. The topological polar surface area (TPSA) is 55.1 Å². The van der Waals surface area contributed by atoms with E-state index < -0.39 is 6.04 Å². The van der Waals surface area contributed by atoms with E-state index in [0.717, 1.165) is 6.42 Å². The quantitative estimate of drug-likeness (QED) is 0.813. The SMILES string of the molecule is Cc1ccccc1CCNC(=O)[C@@H](N)C(C)C. The lowest BCUT2D eigenvalue weighted by Gasteiger charge is -2.15. The summed E-state index contributed by atoms with van der Waals surface area (Å²) in [6.07, 6.45) is 0.850. The third-order valence-corrected chi connectivity index (χ3v) is 2.98. The van der Waals surface area contributed by atoms with Crippen LogP contribution in [0.15, 0.2) is 24.3 Å². The third-order valence-electron chi connectivity index (χ3n) is 2.98. The van der Waals surface area contributed by atoms with Crippen LogP contribution in [-0.4, -0.2) is 18.5 Å². The van der Waals surface area contributed by atoms with Gasteiger partial charge in [-0.25, -0.2) is 0 Å². The minimum atomic E-state index is -0.410. The Morgan fingerprint density at radius 1 is 1.35 bits per heavy atom. The van der Waals surface area contributed by atoms with Crippen LogP contribution in [-0.2, 0) is 11.2 Å². The Bertz CT molecular complexity index is 374. The molecule has 0 saturated heterocycles. The van der Waals surface area contributed by atoms with Gasteiger partial charge in [-0.05, 0) is 30.4 Å². The molecule has 0 unspecified atom stereocenters. The first-order valence-electron chi connectivity index (χ1n) is 6.10. The number of aryl methyl sites for hydroxylation is 1. The highest BCUT2D eigenvalue weighted by molar-refractivity contribution is 5.81. The standard InChI is InChI=1S/C14H22N2O/c1-10(2)13(15)14(17)16-9-8-12-7-5-4-6-11(12)3/h4-7,10,13H,8-9,15H2,1-3H3,(H,16,17)/t13-/m0/s1.